The molecule has 2 amide bonds. The summed E-state index contributed by atoms with van der Waals surface area (Å²) in [6.07, 6.45) is 1.56. The second kappa shape index (κ2) is 17.3. The first-order chi connectivity index (χ1) is 19.9. The Bertz CT molecular complexity index is 948. The average molecular weight is 591 g/mol. The molecule has 9 nitrogen and oxygen atoms in total. The molecule has 1 saturated heterocycles. The van der Waals surface area contributed by atoms with Gasteiger partial charge in [0.15, 0.2) is 0 Å². The second-order valence-corrected chi connectivity index (χ2v) is 12.6. The lowest BCUT2D eigenvalue weighted by atomic mass is 9.89. The highest BCUT2D eigenvalue weighted by molar-refractivity contribution is 5.82. The van der Waals surface area contributed by atoms with Crippen molar-refractivity contribution in [2.45, 2.75) is 110 Å². The van der Waals surface area contributed by atoms with Crippen molar-refractivity contribution in [1.82, 2.24) is 15.1 Å². The van der Waals surface area contributed by atoms with Gasteiger partial charge in [0, 0.05) is 40.4 Å². The standard InChI is InChI=1S/C33H58N4O5/c1-10-22(4)30(36(7)33(40)29(34)21(2)3)27(41-8)19-28(38)37-18-14-17-26(37)32(42-9)23(5)20-35-24(6)31(39)25-15-12-11-13-16-25/h11-13,15-16,21-24,26-27,29-32,35,39H,10,14,17-20,34H2,1-9H3. The summed E-state index contributed by atoms with van der Waals surface area (Å²) in [5.74, 6) is 0.123. The molecule has 1 aromatic rings. The molecule has 42 heavy (non-hydrogen) atoms. The number of amides is 2. The molecular formula is C33H58N4O5. The Labute approximate surface area is 254 Å². The Balaban J connectivity index is 2.11. The number of aliphatic hydroxyl groups is 1. The van der Waals surface area contributed by atoms with Gasteiger partial charge in [0.1, 0.15) is 0 Å². The van der Waals surface area contributed by atoms with E-state index in [1.165, 1.54) is 0 Å². The summed E-state index contributed by atoms with van der Waals surface area (Å²) in [6.45, 7) is 13.5. The molecule has 9 atom stereocenters. The first kappa shape index (κ1) is 36.2. The highest BCUT2D eigenvalue weighted by Crippen LogP contribution is 2.29. The molecule has 1 heterocycles. The molecule has 0 radical (unpaired) electrons. The van der Waals surface area contributed by atoms with Gasteiger partial charge in [-0.2, -0.15) is 0 Å². The zero-order valence-corrected chi connectivity index (χ0v) is 27.5. The molecule has 1 fully saturated rings. The van der Waals surface area contributed by atoms with Gasteiger partial charge < -0.3 is 35.4 Å². The third-order valence-electron chi connectivity index (χ3n) is 9.29. The van der Waals surface area contributed by atoms with Gasteiger partial charge in [0.2, 0.25) is 11.8 Å². The topological polar surface area (TPSA) is 117 Å². The minimum atomic E-state index is -0.617. The maximum absolute atomic E-state index is 13.8. The van der Waals surface area contributed by atoms with Crippen LogP contribution in [0.15, 0.2) is 30.3 Å². The number of hydrogen-bond acceptors (Lipinski definition) is 7. The fourth-order valence-corrected chi connectivity index (χ4v) is 6.29. The van der Waals surface area contributed by atoms with Crippen molar-refractivity contribution in [3.63, 3.8) is 0 Å². The summed E-state index contributed by atoms with van der Waals surface area (Å²) in [5.41, 5.74) is 7.10. The molecule has 0 saturated carbocycles. The molecule has 4 N–H and O–H groups in total. The lowest BCUT2D eigenvalue weighted by Gasteiger charge is -2.40. The van der Waals surface area contributed by atoms with Gasteiger partial charge in [0.25, 0.3) is 0 Å². The Kier molecular flexibility index (Phi) is 14.9. The number of carbonyl (C=O) groups is 2. The summed E-state index contributed by atoms with van der Waals surface area (Å²) in [4.78, 5) is 30.7. The van der Waals surface area contributed by atoms with Crippen LogP contribution in [0.4, 0.5) is 0 Å². The van der Waals surface area contributed by atoms with Crippen LogP contribution in [0, 0.1) is 17.8 Å². The Morgan fingerprint density at radius 3 is 2.29 bits per heavy atom. The van der Waals surface area contributed by atoms with Crippen LogP contribution in [0.25, 0.3) is 0 Å². The van der Waals surface area contributed by atoms with Crippen molar-refractivity contribution in [3.05, 3.63) is 35.9 Å². The highest BCUT2D eigenvalue weighted by Gasteiger charge is 2.41. The smallest absolute Gasteiger partial charge is 0.239 e. The number of nitrogens with two attached hydrogens (primary N) is 1. The van der Waals surface area contributed by atoms with E-state index in [1.807, 2.05) is 56.0 Å². The molecule has 240 valence electrons. The average Bonchev–Trinajstić information content (AvgIpc) is 3.48. The molecular weight excluding hydrogens is 532 g/mol. The molecule has 0 bridgehead atoms. The van der Waals surface area contributed by atoms with Crippen molar-refractivity contribution in [1.29, 1.82) is 0 Å². The van der Waals surface area contributed by atoms with Crippen LogP contribution in [-0.4, -0.2) is 97.5 Å². The third-order valence-corrected chi connectivity index (χ3v) is 9.29. The Hall–Kier alpha value is -2.04. The van der Waals surface area contributed by atoms with E-state index in [1.54, 1.807) is 26.2 Å². The number of benzene rings is 1. The van der Waals surface area contributed by atoms with Gasteiger partial charge in [-0.05, 0) is 43.1 Å². The molecule has 0 aliphatic carbocycles. The number of likely N-dealkylation sites (tertiary alicyclic amines) is 1. The normalized spacial score (nSPS) is 21.3. The first-order valence-corrected chi connectivity index (χ1v) is 15.7. The van der Waals surface area contributed by atoms with Gasteiger partial charge in [-0.3, -0.25) is 9.59 Å². The maximum atomic E-state index is 13.8. The quantitative estimate of drug-likeness (QED) is 0.254. The molecule has 1 aliphatic heterocycles. The summed E-state index contributed by atoms with van der Waals surface area (Å²) in [5, 5.41) is 14.3. The number of nitrogens with one attached hydrogen (secondary N) is 1. The number of nitrogens with zero attached hydrogens (tertiary/aromatic N) is 2. The number of rotatable bonds is 17. The molecule has 0 spiro atoms. The van der Waals surface area contributed by atoms with Crippen LogP contribution in [0.2, 0.25) is 0 Å². The Morgan fingerprint density at radius 1 is 1.10 bits per heavy atom. The zero-order chi connectivity index (χ0) is 31.6. The largest absolute Gasteiger partial charge is 0.387 e. The molecule has 2 rings (SSSR count). The van der Waals surface area contributed by atoms with E-state index in [9.17, 15) is 14.7 Å². The predicted molar refractivity (Wildman–Crippen MR) is 168 cm³/mol. The number of likely N-dealkylation sites (N-methyl/N-ethyl adjacent to an activating group) is 1. The lowest BCUT2D eigenvalue weighted by Crippen LogP contribution is -2.56. The van der Waals surface area contributed by atoms with Crippen LogP contribution in [0.3, 0.4) is 0 Å². The van der Waals surface area contributed by atoms with Crippen molar-refractivity contribution in [2.75, 3.05) is 34.4 Å². The van der Waals surface area contributed by atoms with E-state index < -0.39 is 18.2 Å². The fraction of sp³-hybridized carbons (Fsp3) is 0.758. The monoisotopic (exact) mass is 590 g/mol. The fourth-order valence-electron chi connectivity index (χ4n) is 6.29. The van der Waals surface area contributed by atoms with Crippen LogP contribution >= 0.6 is 0 Å². The number of aliphatic hydroxyl groups excluding tert-OH is 1. The Morgan fingerprint density at radius 2 is 1.74 bits per heavy atom. The van der Waals surface area contributed by atoms with E-state index in [0.717, 1.165) is 24.8 Å². The van der Waals surface area contributed by atoms with E-state index in [4.69, 9.17) is 15.2 Å². The molecule has 1 aliphatic rings. The molecule has 1 aromatic carbocycles. The summed E-state index contributed by atoms with van der Waals surface area (Å²) < 4.78 is 11.9. The lowest BCUT2D eigenvalue weighted by molar-refractivity contribution is -0.145. The first-order valence-electron chi connectivity index (χ1n) is 15.7. The van der Waals surface area contributed by atoms with E-state index >= 15 is 0 Å². The minimum absolute atomic E-state index is 0.0116. The molecule has 0 aromatic heterocycles. The van der Waals surface area contributed by atoms with E-state index in [2.05, 4.69) is 26.1 Å². The van der Waals surface area contributed by atoms with Crippen molar-refractivity contribution < 1.29 is 24.2 Å². The third kappa shape index (κ3) is 9.23. The van der Waals surface area contributed by atoms with Gasteiger partial charge in [-0.15, -0.1) is 0 Å². The van der Waals surface area contributed by atoms with Gasteiger partial charge in [0.05, 0.1) is 42.9 Å². The summed E-state index contributed by atoms with van der Waals surface area (Å²) in [7, 11) is 5.11. The van der Waals surface area contributed by atoms with Crippen LogP contribution < -0.4 is 11.1 Å². The van der Waals surface area contributed by atoms with E-state index in [0.29, 0.717) is 13.1 Å². The number of methoxy groups -OCH3 is 2. The highest BCUT2D eigenvalue weighted by atomic mass is 16.5. The minimum Gasteiger partial charge on any atom is -0.387 e. The molecule has 9 heteroatoms. The van der Waals surface area contributed by atoms with Gasteiger partial charge in [-0.25, -0.2) is 0 Å². The summed E-state index contributed by atoms with van der Waals surface area (Å²) >= 11 is 0. The van der Waals surface area contributed by atoms with Crippen molar-refractivity contribution in [2.24, 2.45) is 23.5 Å². The van der Waals surface area contributed by atoms with Crippen LogP contribution in [0.1, 0.15) is 78.9 Å². The SMILES string of the molecule is CCC(C)C(C(CC(=O)N1CCCC1C(OC)C(C)CNC(C)C(O)c1ccccc1)OC)N(C)C(=O)C(N)C(C)C. The number of hydrogen-bond donors (Lipinski definition) is 3. The van der Waals surface area contributed by atoms with Crippen LogP contribution in [-0.2, 0) is 19.1 Å². The predicted octanol–water partition coefficient (Wildman–Crippen LogP) is 3.60. The van der Waals surface area contributed by atoms with Crippen molar-refractivity contribution in [3.8, 4) is 0 Å². The van der Waals surface area contributed by atoms with Gasteiger partial charge in [-0.1, -0.05) is 71.4 Å². The van der Waals surface area contributed by atoms with Gasteiger partial charge >= 0.3 is 0 Å². The second-order valence-electron chi connectivity index (χ2n) is 12.6. The van der Waals surface area contributed by atoms with E-state index in [-0.39, 0.29) is 60.2 Å². The zero-order valence-electron chi connectivity index (χ0n) is 27.5. The van der Waals surface area contributed by atoms with Crippen LogP contribution in [0.5, 0.6) is 0 Å². The maximum Gasteiger partial charge on any atom is 0.239 e. The summed E-state index contributed by atoms with van der Waals surface area (Å²) in [6, 6.07) is 8.57. The number of ether oxygens (including phenoxy) is 2. The van der Waals surface area contributed by atoms with Crippen molar-refractivity contribution >= 4 is 11.8 Å². The number of carbonyl (C=O) groups excluding carboxylic acids is 2. The molecule has 9 unspecified atom stereocenters.